The Labute approximate surface area is 207 Å². The molecule has 4 aromatic rings. The van der Waals surface area contributed by atoms with Crippen LogP contribution in [0.15, 0.2) is 72.8 Å². The molecular formula is C31H34N2O2. The number of fused-ring (bicyclic) bond motifs is 4. The Morgan fingerprint density at radius 3 is 2.69 bits per heavy atom. The second kappa shape index (κ2) is 8.54. The molecule has 2 heterocycles. The summed E-state index contributed by atoms with van der Waals surface area (Å²) in [7, 11) is 1.72. The number of hydrogen-bond donors (Lipinski definition) is 2. The highest BCUT2D eigenvalue weighted by Gasteiger charge is 2.57. The maximum absolute atomic E-state index is 12.6. The molecule has 4 heteroatoms. The molecule has 2 aliphatic rings. The van der Waals surface area contributed by atoms with E-state index in [9.17, 15) is 5.11 Å². The van der Waals surface area contributed by atoms with E-state index in [0.717, 1.165) is 38.1 Å². The number of ether oxygens (including phenoxy) is 1. The zero-order valence-corrected chi connectivity index (χ0v) is 20.7. The molecule has 1 aliphatic heterocycles. The van der Waals surface area contributed by atoms with Gasteiger partial charge in [0, 0.05) is 47.9 Å². The van der Waals surface area contributed by atoms with Gasteiger partial charge in [0.25, 0.3) is 0 Å². The number of piperidine rings is 1. The predicted octanol–water partition coefficient (Wildman–Crippen LogP) is 5.20. The molecule has 1 saturated heterocycles. The van der Waals surface area contributed by atoms with Crippen LogP contribution in [0.3, 0.4) is 0 Å². The fourth-order valence-electron chi connectivity index (χ4n) is 6.59. The van der Waals surface area contributed by atoms with Crippen LogP contribution in [0.4, 0.5) is 0 Å². The van der Waals surface area contributed by atoms with Crippen LogP contribution in [0.1, 0.15) is 34.4 Å². The van der Waals surface area contributed by atoms with E-state index in [2.05, 4.69) is 83.5 Å². The molecule has 4 nitrogen and oxygen atoms in total. The van der Waals surface area contributed by atoms with Gasteiger partial charge in [-0.05, 0) is 66.8 Å². The Kier molecular flexibility index (Phi) is 5.46. The number of nitrogens with one attached hydrogen (secondary N) is 1. The molecule has 0 spiro atoms. The van der Waals surface area contributed by atoms with E-state index in [1.165, 1.54) is 38.9 Å². The topological polar surface area (TPSA) is 48.5 Å². The first-order valence-corrected chi connectivity index (χ1v) is 12.7. The summed E-state index contributed by atoms with van der Waals surface area (Å²) in [4.78, 5) is 6.20. The van der Waals surface area contributed by atoms with Gasteiger partial charge in [0.1, 0.15) is 5.75 Å². The second-order valence-electron chi connectivity index (χ2n) is 10.6. The molecular weight excluding hydrogens is 432 g/mol. The Morgan fingerprint density at radius 1 is 1.00 bits per heavy atom. The van der Waals surface area contributed by atoms with Gasteiger partial charge in [-0.3, -0.25) is 0 Å². The quantitative estimate of drug-likeness (QED) is 0.425. The van der Waals surface area contributed by atoms with Crippen LogP contribution in [-0.2, 0) is 24.7 Å². The number of benzene rings is 3. The van der Waals surface area contributed by atoms with E-state index in [0.29, 0.717) is 13.0 Å². The Hall–Kier alpha value is -3.08. The third kappa shape index (κ3) is 3.76. The number of hydrogen-bond acceptors (Lipinski definition) is 3. The number of aromatic amines is 1. The number of H-pyrrole nitrogens is 1. The van der Waals surface area contributed by atoms with Crippen LogP contribution >= 0.6 is 0 Å². The molecule has 0 radical (unpaired) electrons. The average Bonchev–Trinajstić information content (AvgIpc) is 3.21. The highest BCUT2D eigenvalue weighted by Crippen LogP contribution is 2.51. The number of likely N-dealkylation sites (tertiary alicyclic amines) is 1. The smallest absolute Gasteiger partial charge is 0.119 e. The van der Waals surface area contributed by atoms with Gasteiger partial charge in [-0.25, -0.2) is 0 Å². The van der Waals surface area contributed by atoms with Crippen LogP contribution in [0, 0.1) is 6.92 Å². The highest BCUT2D eigenvalue weighted by atomic mass is 16.5. The number of methoxy groups -OCH3 is 1. The first-order chi connectivity index (χ1) is 17.0. The maximum Gasteiger partial charge on any atom is 0.119 e. The summed E-state index contributed by atoms with van der Waals surface area (Å²) in [5.41, 5.74) is 6.31. The number of β-amino-alcohol motifs (C(OH)–C–C–N with tert-alkyl or cyclic N) is 1. The van der Waals surface area contributed by atoms with Crippen LogP contribution < -0.4 is 4.74 Å². The molecule has 0 bridgehead atoms. The van der Waals surface area contributed by atoms with Crippen molar-refractivity contribution in [1.82, 2.24) is 9.88 Å². The van der Waals surface area contributed by atoms with E-state index in [1.54, 1.807) is 7.11 Å². The lowest BCUT2D eigenvalue weighted by atomic mass is 9.56. The van der Waals surface area contributed by atoms with Crippen LogP contribution in [-0.4, -0.2) is 47.3 Å². The predicted molar refractivity (Wildman–Crippen MR) is 141 cm³/mol. The molecule has 6 rings (SSSR count). The third-order valence-electron chi connectivity index (χ3n) is 8.51. The zero-order valence-electron chi connectivity index (χ0n) is 20.7. The Balaban J connectivity index is 1.40. The minimum atomic E-state index is -0.860. The maximum atomic E-state index is 12.6. The molecule has 2 atom stereocenters. The normalized spacial score (nSPS) is 24.2. The first-order valence-electron chi connectivity index (χ1n) is 12.7. The van der Waals surface area contributed by atoms with Gasteiger partial charge in [-0.1, -0.05) is 54.6 Å². The van der Waals surface area contributed by atoms with Crippen molar-refractivity contribution in [2.24, 2.45) is 0 Å². The lowest BCUT2D eigenvalue weighted by Crippen LogP contribution is -2.66. The van der Waals surface area contributed by atoms with E-state index in [-0.39, 0.29) is 5.41 Å². The number of aliphatic hydroxyl groups is 1. The molecule has 35 heavy (non-hydrogen) atoms. The summed E-state index contributed by atoms with van der Waals surface area (Å²) in [6.45, 7) is 4.74. The van der Waals surface area contributed by atoms with E-state index >= 15 is 0 Å². The van der Waals surface area contributed by atoms with Crippen molar-refractivity contribution in [3.8, 4) is 5.75 Å². The van der Waals surface area contributed by atoms with Crippen molar-refractivity contribution in [2.45, 2.75) is 43.6 Å². The molecule has 180 valence electrons. The van der Waals surface area contributed by atoms with Gasteiger partial charge in [0.15, 0.2) is 0 Å². The third-order valence-corrected chi connectivity index (χ3v) is 8.51. The van der Waals surface area contributed by atoms with Crippen LogP contribution in [0.2, 0.25) is 0 Å². The van der Waals surface area contributed by atoms with Gasteiger partial charge in [-0.15, -0.1) is 0 Å². The molecule has 2 N–H and O–H groups in total. The molecule has 3 aromatic carbocycles. The largest absolute Gasteiger partial charge is 0.497 e. The standard InChI is InChI=1S/C31H34N2O2/c1-22-11-12-26-27-19-31(34)21-33(15-13-23-7-4-3-5-8-23)16-14-30(31,20-29(27)32-28(26)17-22)24-9-6-10-25(18-24)35-2/h3-12,17-18,32,34H,13-16,19-21H2,1-2H3/t30-,31-/m0/s1. The van der Waals surface area contributed by atoms with Gasteiger partial charge in [0.05, 0.1) is 12.7 Å². The minimum absolute atomic E-state index is 0.353. The summed E-state index contributed by atoms with van der Waals surface area (Å²) in [6, 6.07) is 25.7. The van der Waals surface area contributed by atoms with Gasteiger partial charge in [0.2, 0.25) is 0 Å². The fraction of sp³-hybridized carbons (Fsp3) is 0.355. The summed E-state index contributed by atoms with van der Waals surface area (Å²) in [5, 5.41) is 13.9. The average molecular weight is 467 g/mol. The lowest BCUT2D eigenvalue weighted by Gasteiger charge is -2.56. The van der Waals surface area contributed by atoms with Crippen LogP contribution in [0.5, 0.6) is 5.75 Å². The Bertz CT molecular complexity index is 1360. The number of rotatable bonds is 5. The van der Waals surface area contributed by atoms with E-state index < -0.39 is 5.60 Å². The second-order valence-corrected chi connectivity index (χ2v) is 10.6. The molecule has 0 amide bonds. The number of aromatic nitrogens is 1. The van der Waals surface area contributed by atoms with Crippen molar-refractivity contribution in [2.75, 3.05) is 26.7 Å². The molecule has 0 saturated carbocycles. The number of nitrogens with zero attached hydrogens (tertiary/aromatic N) is 1. The fourth-order valence-corrected chi connectivity index (χ4v) is 6.59. The van der Waals surface area contributed by atoms with Gasteiger partial charge < -0.3 is 19.7 Å². The summed E-state index contributed by atoms with van der Waals surface area (Å²) in [6.07, 6.45) is 3.39. The molecule has 0 unspecified atom stereocenters. The summed E-state index contributed by atoms with van der Waals surface area (Å²) >= 11 is 0. The first kappa shape index (κ1) is 22.4. The summed E-state index contributed by atoms with van der Waals surface area (Å²) in [5.74, 6) is 0.851. The van der Waals surface area contributed by atoms with Gasteiger partial charge in [-0.2, -0.15) is 0 Å². The summed E-state index contributed by atoms with van der Waals surface area (Å²) < 4.78 is 5.59. The van der Waals surface area contributed by atoms with Crippen molar-refractivity contribution in [1.29, 1.82) is 0 Å². The SMILES string of the molecule is COc1cccc([C@@]23CCN(CCc4ccccc4)C[C@@]2(O)Cc2c([nH]c4cc(C)ccc24)C3)c1. The van der Waals surface area contributed by atoms with E-state index in [4.69, 9.17) is 4.74 Å². The monoisotopic (exact) mass is 466 g/mol. The molecule has 1 fully saturated rings. The minimum Gasteiger partial charge on any atom is -0.497 e. The highest BCUT2D eigenvalue weighted by molar-refractivity contribution is 5.86. The van der Waals surface area contributed by atoms with Gasteiger partial charge >= 0.3 is 0 Å². The molecule has 1 aromatic heterocycles. The van der Waals surface area contributed by atoms with Crippen molar-refractivity contribution < 1.29 is 9.84 Å². The lowest BCUT2D eigenvalue weighted by molar-refractivity contribution is -0.102. The van der Waals surface area contributed by atoms with Crippen molar-refractivity contribution in [3.05, 3.63) is 101 Å². The van der Waals surface area contributed by atoms with Crippen molar-refractivity contribution in [3.63, 3.8) is 0 Å². The van der Waals surface area contributed by atoms with Crippen molar-refractivity contribution >= 4 is 10.9 Å². The van der Waals surface area contributed by atoms with E-state index in [1.807, 2.05) is 6.07 Å². The number of aryl methyl sites for hydroxylation is 1. The van der Waals surface area contributed by atoms with Crippen LogP contribution in [0.25, 0.3) is 10.9 Å². The molecule has 1 aliphatic carbocycles. The zero-order chi connectivity index (χ0) is 24.0. The Morgan fingerprint density at radius 2 is 1.86 bits per heavy atom.